The van der Waals surface area contributed by atoms with Crippen molar-refractivity contribution in [2.24, 2.45) is 0 Å². The third kappa shape index (κ3) is 7.49. The number of hydrogen-bond donors (Lipinski definition) is 0. The predicted octanol–water partition coefficient (Wildman–Crippen LogP) is 6.63. The molecular formula is C32H33FN2O5S. The molecule has 0 saturated heterocycles. The maximum Gasteiger partial charge on any atom is 0.326 e. The normalized spacial score (nSPS) is 11.5. The second-order valence-electron chi connectivity index (χ2n) is 9.41. The molecule has 0 fully saturated rings. The molecular weight excluding hydrogens is 543 g/mol. The number of anilines is 2. The van der Waals surface area contributed by atoms with Gasteiger partial charge in [-0.25, -0.2) is 4.39 Å². The van der Waals surface area contributed by atoms with E-state index in [1.807, 2.05) is 71.9 Å². The molecule has 4 aromatic rings. The number of carbonyl (C=O) groups excluding carboxylic acids is 2. The first kappa shape index (κ1) is 29.7. The highest BCUT2D eigenvalue weighted by Crippen LogP contribution is 2.40. The van der Waals surface area contributed by atoms with Crippen LogP contribution in [0.2, 0.25) is 0 Å². The number of ether oxygens (including phenoxy) is 3. The number of hydrogen-bond acceptors (Lipinski definition) is 8. The van der Waals surface area contributed by atoms with E-state index in [0.717, 1.165) is 38.4 Å². The first-order chi connectivity index (χ1) is 19.8. The average Bonchev–Trinajstić information content (AvgIpc) is 3.00. The van der Waals surface area contributed by atoms with Gasteiger partial charge in [0.1, 0.15) is 18.1 Å². The summed E-state index contributed by atoms with van der Waals surface area (Å²) in [6.45, 7) is 2.44. The zero-order valence-electron chi connectivity index (χ0n) is 23.5. The van der Waals surface area contributed by atoms with Crippen LogP contribution in [0.1, 0.15) is 18.9 Å². The van der Waals surface area contributed by atoms with E-state index in [9.17, 15) is 14.0 Å². The summed E-state index contributed by atoms with van der Waals surface area (Å²) in [7, 11) is 4.36. The van der Waals surface area contributed by atoms with Crippen LogP contribution in [0.15, 0.2) is 89.8 Å². The molecule has 0 bridgehead atoms. The highest BCUT2D eigenvalue weighted by Gasteiger charge is 2.23. The lowest BCUT2D eigenvalue weighted by Gasteiger charge is -2.33. The van der Waals surface area contributed by atoms with E-state index in [0.29, 0.717) is 6.54 Å². The summed E-state index contributed by atoms with van der Waals surface area (Å²) in [6.07, 6.45) is 0.176. The second-order valence-corrected chi connectivity index (χ2v) is 10.5. The third-order valence-electron chi connectivity index (χ3n) is 6.72. The van der Waals surface area contributed by atoms with Gasteiger partial charge in [0, 0.05) is 33.9 Å². The molecule has 1 atom stereocenters. The minimum Gasteiger partial charge on any atom is -0.497 e. The molecule has 0 amide bonds. The van der Waals surface area contributed by atoms with Crippen LogP contribution in [-0.2, 0) is 25.6 Å². The van der Waals surface area contributed by atoms with Gasteiger partial charge in [-0.3, -0.25) is 9.59 Å². The van der Waals surface area contributed by atoms with E-state index < -0.39 is 0 Å². The van der Waals surface area contributed by atoms with E-state index in [1.54, 1.807) is 19.2 Å². The van der Waals surface area contributed by atoms with Crippen molar-refractivity contribution >= 4 is 46.0 Å². The monoisotopic (exact) mass is 576 g/mol. The van der Waals surface area contributed by atoms with Crippen molar-refractivity contribution in [1.29, 1.82) is 0 Å². The smallest absolute Gasteiger partial charge is 0.326 e. The number of benzene rings is 4. The lowest BCUT2D eigenvalue weighted by atomic mass is 10.0. The molecule has 214 valence electrons. The molecule has 0 spiro atoms. The van der Waals surface area contributed by atoms with Gasteiger partial charge in [0.25, 0.3) is 0 Å². The lowest BCUT2D eigenvalue weighted by Crippen LogP contribution is -2.35. The highest BCUT2D eigenvalue weighted by molar-refractivity contribution is 8.00. The Labute approximate surface area is 243 Å². The molecule has 0 aliphatic heterocycles. The standard InChI is InChI=1S/C32H33FN2O5S/c1-22(19-31(36)39-3)34(20-23-9-11-24(33)12-10-23)29-17-18-30(28-8-6-5-7-27(28)29)35(21-32(37)40-4)41-26-15-13-25(38-2)14-16-26/h5-18,22H,19-21H2,1-4H3. The number of rotatable bonds is 12. The van der Waals surface area contributed by atoms with Gasteiger partial charge in [-0.05, 0) is 73.0 Å². The summed E-state index contributed by atoms with van der Waals surface area (Å²) < 4.78 is 30.8. The van der Waals surface area contributed by atoms with E-state index in [1.165, 1.54) is 38.3 Å². The molecule has 9 heteroatoms. The van der Waals surface area contributed by atoms with Crippen molar-refractivity contribution in [2.45, 2.75) is 30.8 Å². The Kier molecular flexibility index (Phi) is 10.1. The first-order valence-corrected chi connectivity index (χ1v) is 13.9. The van der Waals surface area contributed by atoms with Crippen LogP contribution in [0.3, 0.4) is 0 Å². The molecule has 41 heavy (non-hydrogen) atoms. The van der Waals surface area contributed by atoms with Crippen LogP contribution in [0.4, 0.5) is 15.8 Å². The Hall–Kier alpha value is -4.24. The molecule has 0 N–H and O–H groups in total. The largest absolute Gasteiger partial charge is 0.497 e. The first-order valence-electron chi connectivity index (χ1n) is 13.1. The highest BCUT2D eigenvalue weighted by atomic mass is 32.2. The minimum atomic E-state index is -0.371. The summed E-state index contributed by atoms with van der Waals surface area (Å²) >= 11 is 1.42. The van der Waals surface area contributed by atoms with E-state index in [4.69, 9.17) is 14.2 Å². The predicted molar refractivity (Wildman–Crippen MR) is 161 cm³/mol. The fourth-order valence-corrected chi connectivity index (χ4v) is 5.49. The SMILES string of the molecule is COC(=O)CC(C)N(Cc1ccc(F)cc1)c1ccc(N(CC(=O)OC)Sc2ccc(OC)cc2)c2ccccc12. The van der Waals surface area contributed by atoms with Crippen molar-refractivity contribution in [1.82, 2.24) is 0 Å². The second kappa shape index (κ2) is 13.9. The Balaban J connectivity index is 1.79. The molecule has 0 aromatic heterocycles. The Morgan fingerprint density at radius 1 is 0.805 bits per heavy atom. The van der Waals surface area contributed by atoms with Crippen molar-refractivity contribution in [3.8, 4) is 5.75 Å². The maximum atomic E-state index is 13.6. The molecule has 7 nitrogen and oxygen atoms in total. The van der Waals surface area contributed by atoms with Crippen LogP contribution in [-0.4, -0.2) is 45.9 Å². The van der Waals surface area contributed by atoms with Gasteiger partial charge in [0.05, 0.1) is 33.4 Å². The van der Waals surface area contributed by atoms with Crippen molar-refractivity contribution in [3.63, 3.8) is 0 Å². The molecule has 1 unspecified atom stereocenters. The van der Waals surface area contributed by atoms with Gasteiger partial charge in [-0.15, -0.1) is 0 Å². The Morgan fingerprint density at radius 3 is 2.02 bits per heavy atom. The Morgan fingerprint density at radius 2 is 1.41 bits per heavy atom. The topological polar surface area (TPSA) is 68.3 Å². The Bertz CT molecular complexity index is 1480. The van der Waals surface area contributed by atoms with Crippen LogP contribution in [0.25, 0.3) is 10.8 Å². The van der Waals surface area contributed by atoms with Gasteiger partial charge < -0.3 is 23.4 Å². The van der Waals surface area contributed by atoms with E-state index in [-0.39, 0.29) is 36.8 Å². The molecule has 0 aliphatic carbocycles. The molecule has 0 radical (unpaired) electrons. The number of esters is 2. The number of carbonyl (C=O) groups is 2. The summed E-state index contributed by atoms with van der Waals surface area (Å²) in [5, 5.41) is 1.86. The number of halogens is 1. The lowest BCUT2D eigenvalue weighted by molar-refractivity contribution is -0.141. The quantitative estimate of drug-likeness (QED) is 0.138. The zero-order chi connectivity index (χ0) is 29.4. The summed E-state index contributed by atoms with van der Waals surface area (Å²) in [6, 6.07) is 25.6. The minimum absolute atomic E-state index is 0.0224. The molecule has 4 aromatic carbocycles. The van der Waals surface area contributed by atoms with Crippen LogP contribution >= 0.6 is 11.9 Å². The summed E-state index contributed by atoms with van der Waals surface area (Å²) in [5.74, 6) is -0.254. The van der Waals surface area contributed by atoms with Gasteiger partial charge in [0.2, 0.25) is 0 Å². The number of fused-ring (bicyclic) bond motifs is 1. The maximum absolute atomic E-state index is 13.6. The zero-order valence-corrected chi connectivity index (χ0v) is 24.3. The molecule has 0 aliphatic rings. The van der Waals surface area contributed by atoms with Crippen LogP contribution in [0, 0.1) is 5.82 Å². The van der Waals surface area contributed by atoms with Crippen molar-refractivity contribution in [2.75, 3.05) is 37.1 Å². The van der Waals surface area contributed by atoms with Gasteiger partial charge >= 0.3 is 11.9 Å². The fraction of sp³-hybridized carbons (Fsp3) is 0.250. The summed E-state index contributed by atoms with van der Waals surface area (Å²) in [4.78, 5) is 27.8. The van der Waals surface area contributed by atoms with E-state index >= 15 is 0 Å². The molecule has 4 rings (SSSR count). The van der Waals surface area contributed by atoms with Gasteiger partial charge in [-0.1, -0.05) is 36.4 Å². The third-order valence-corrected chi connectivity index (χ3v) is 7.75. The summed E-state index contributed by atoms with van der Waals surface area (Å²) in [5.41, 5.74) is 2.63. The van der Waals surface area contributed by atoms with Crippen LogP contribution < -0.4 is 13.9 Å². The fourth-order valence-electron chi connectivity index (χ4n) is 4.55. The average molecular weight is 577 g/mol. The van der Waals surface area contributed by atoms with Crippen molar-refractivity contribution in [3.05, 3.63) is 96.3 Å². The van der Waals surface area contributed by atoms with Gasteiger partial charge in [0.15, 0.2) is 0 Å². The van der Waals surface area contributed by atoms with Crippen LogP contribution in [0.5, 0.6) is 5.75 Å². The van der Waals surface area contributed by atoms with E-state index in [2.05, 4.69) is 4.90 Å². The van der Waals surface area contributed by atoms with Gasteiger partial charge in [-0.2, -0.15) is 0 Å². The number of methoxy groups -OCH3 is 3. The number of nitrogens with zero attached hydrogens (tertiary/aromatic N) is 2. The molecule has 0 heterocycles. The van der Waals surface area contributed by atoms with Crippen molar-refractivity contribution < 1.29 is 28.2 Å². The molecule has 0 saturated carbocycles.